The number of hydrogen-bond donors (Lipinski definition) is 1. The van der Waals surface area contributed by atoms with E-state index < -0.39 is 0 Å². The molecule has 2 atom stereocenters. The molecule has 3 aromatic rings. The van der Waals surface area contributed by atoms with Gasteiger partial charge in [0.25, 0.3) is 0 Å². The standard InChI is InChI=1S/C18H23N7S/c1-10-4-7-16-21-17(22-25(16)11(10)2)20-13-8-14-5-6-15(9-13)24(14)18-19-12(3)23-26-18/h4,7,13-15H,5-6,8-9H2,1-3H3,(H,20,22). The second kappa shape index (κ2) is 5.90. The molecule has 3 aromatic heterocycles. The third-order valence-electron chi connectivity index (χ3n) is 5.81. The summed E-state index contributed by atoms with van der Waals surface area (Å²) in [6.45, 7) is 6.16. The van der Waals surface area contributed by atoms with Gasteiger partial charge in [0, 0.05) is 35.4 Å². The van der Waals surface area contributed by atoms with Crippen LogP contribution in [-0.4, -0.2) is 42.1 Å². The molecule has 7 nitrogen and oxygen atoms in total. The zero-order valence-electron chi connectivity index (χ0n) is 15.3. The van der Waals surface area contributed by atoms with Crippen molar-refractivity contribution in [3.05, 3.63) is 29.2 Å². The van der Waals surface area contributed by atoms with Gasteiger partial charge in [-0.15, -0.1) is 5.10 Å². The van der Waals surface area contributed by atoms with Crippen molar-refractivity contribution < 1.29 is 0 Å². The molecule has 0 aromatic carbocycles. The highest BCUT2D eigenvalue weighted by atomic mass is 32.1. The molecule has 0 amide bonds. The fraction of sp³-hybridized carbons (Fsp3) is 0.556. The summed E-state index contributed by atoms with van der Waals surface area (Å²) in [7, 11) is 0. The number of pyridine rings is 1. The number of anilines is 2. The molecule has 0 spiro atoms. The van der Waals surface area contributed by atoms with Crippen LogP contribution in [0.15, 0.2) is 12.1 Å². The maximum absolute atomic E-state index is 4.68. The SMILES string of the molecule is Cc1nsc(N2C3CCC2CC(Nc2nc4ccc(C)c(C)n4n2)C3)n1. The highest BCUT2D eigenvalue weighted by molar-refractivity contribution is 7.09. The summed E-state index contributed by atoms with van der Waals surface area (Å²) in [5.74, 6) is 1.62. The van der Waals surface area contributed by atoms with Crippen molar-refractivity contribution in [2.45, 2.75) is 64.6 Å². The number of hydrogen-bond acceptors (Lipinski definition) is 7. The molecule has 2 unspecified atom stereocenters. The lowest BCUT2D eigenvalue weighted by Gasteiger charge is -2.38. The number of fused-ring (bicyclic) bond motifs is 3. The van der Waals surface area contributed by atoms with Crippen LogP contribution in [0, 0.1) is 20.8 Å². The van der Waals surface area contributed by atoms with Crippen molar-refractivity contribution in [3.63, 3.8) is 0 Å². The Balaban J connectivity index is 1.35. The first-order chi connectivity index (χ1) is 12.6. The zero-order valence-corrected chi connectivity index (χ0v) is 16.1. The molecule has 2 fully saturated rings. The van der Waals surface area contributed by atoms with Crippen molar-refractivity contribution in [1.29, 1.82) is 0 Å². The second-order valence-electron chi connectivity index (χ2n) is 7.54. The molecule has 1 N–H and O–H groups in total. The molecular weight excluding hydrogens is 346 g/mol. The van der Waals surface area contributed by atoms with Crippen LogP contribution in [0.1, 0.15) is 42.8 Å². The Kier molecular flexibility index (Phi) is 3.63. The van der Waals surface area contributed by atoms with Gasteiger partial charge in [-0.05, 0) is 58.1 Å². The Morgan fingerprint density at radius 1 is 1.08 bits per heavy atom. The van der Waals surface area contributed by atoms with Gasteiger partial charge in [0.05, 0.1) is 0 Å². The lowest BCUT2D eigenvalue weighted by molar-refractivity contribution is 0.431. The molecule has 136 valence electrons. The topological polar surface area (TPSA) is 71.2 Å². The van der Waals surface area contributed by atoms with Gasteiger partial charge in [-0.3, -0.25) is 0 Å². The van der Waals surface area contributed by atoms with E-state index >= 15 is 0 Å². The molecule has 0 saturated carbocycles. The average molecular weight is 369 g/mol. The van der Waals surface area contributed by atoms with E-state index in [4.69, 9.17) is 0 Å². The molecule has 2 aliphatic rings. The Labute approximate surface area is 156 Å². The molecular formula is C18H23N7S. The van der Waals surface area contributed by atoms with Crippen molar-refractivity contribution >= 4 is 28.3 Å². The normalized spacial score (nSPS) is 25.2. The Morgan fingerprint density at radius 3 is 2.54 bits per heavy atom. The maximum Gasteiger partial charge on any atom is 0.243 e. The van der Waals surface area contributed by atoms with E-state index in [1.807, 2.05) is 17.5 Å². The highest BCUT2D eigenvalue weighted by Crippen LogP contribution is 2.40. The Bertz CT molecular complexity index is 948. The predicted octanol–water partition coefficient (Wildman–Crippen LogP) is 3.12. The number of piperidine rings is 1. The lowest BCUT2D eigenvalue weighted by atomic mass is 9.98. The molecule has 5 rings (SSSR count). The van der Waals surface area contributed by atoms with Crippen LogP contribution < -0.4 is 10.2 Å². The minimum Gasteiger partial charge on any atom is -0.350 e. The Morgan fingerprint density at radius 2 is 1.85 bits per heavy atom. The van der Waals surface area contributed by atoms with Gasteiger partial charge in [-0.2, -0.15) is 9.36 Å². The number of aromatic nitrogens is 5. The van der Waals surface area contributed by atoms with Gasteiger partial charge in [0.2, 0.25) is 11.1 Å². The molecule has 0 radical (unpaired) electrons. The van der Waals surface area contributed by atoms with Gasteiger partial charge in [0.1, 0.15) is 5.82 Å². The first kappa shape index (κ1) is 16.0. The highest BCUT2D eigenvalue weighted by Gasteiger charge is 2.42. The van der Waals surface area contributed by atoms with E-state index in [9.17, 15) is 0 Å². The van der Waals surface area contributed by atoms with Crippen molar-refractivity contribution in [2.75, 3.05) is 10.2 Å². The zero-order chi connectivity index (χ0) is 17.8. The minimum atomic E-state index is 0.414. The van der Waals surface area contributed by atoms with Gasteiger partial charge < -0.3 is 10.2 Å². The maximum atomic E-state index is 4.68. The van der Waals surface area contributed by atoms with E-state index in [0.29, 0.717) is 18.1 Å². The summed E-state index contributed by atoms with van der Waals surface area (Å²) in [6, 6.07) is 5.63. The second-order valence-corrected chi connectivity index (χ2v) is 8.27. The van der Waals surface area contributed by atoms with E-state index in [1.165, 1.54) is 29.9 Å². The predicted molar refractivity (Wildman–Crippen MR) is 103 cm³/mol. The molecule has 8 heteroatoms. The summed E-state index contributed by atoms with van der Waals surface area (Å²) >= 11 is 1.53. The summed E-state index contributed by atoms with van der Waals surface area (Å²) in [5.41, 5.74) is 3.28. The van der Waals surface area contributed by atoms with Crippen LogP contribution >= 0.6 is 11.5 Å². The van der Waals surface area contributed by atoms with Crippen molar-refractivity contribution in [3.8, 4) is 0 Å². The monoisotopic (exact) mass is 369 g/mol. The summed E-state index contributed by atoms with van der Waals surface area (Å²) in [6.07, 6.45) is 4.67. The van der Waals surface area contributed by atoms with E-state index in [-0.39, 0.29) is 0 Å². The number of rotatable bonds is 3. The lowest BCUT2D eigenvalue weighted by Crippen LogP contribution is -2.47. The van der Waals surface area contributed by atoms with Crippen LogP contribution in [0.3, 0.4) is 0 Å². The third-order valence-corrected chi connectivity index (χ3v) is 6.63. The van der Waals surface area contributed by atoms with Gasteiger partial charge in [0.15, 0.2) is 5.65 Å². The van der Waals surface area contributed by atoms with E-state index in [0.717, 1.165) is 41.1 Å². The van der Waals surface area contributed by atoms with Gasteiger partial charge in [-0.1, -0.05) is 6.07 Å². The third kappa shape index (κ3) is 2.55. The molecule has 5 heterocycles. The van der Waals surface area contributed by atoms with Crippen LogP contribution in [0.25, 0.3) is 5.65 Å². The number of nitrogens with one attached hydrogen (secondary N) is 1. The summed E-state index contributed by atoms with van der Waals surface area (Å²) < 4.78 is 6.30. The van der Waals surface area contributed by atoms with Crippen LogP contribution in [0.5, 0.6) is 0 Å². The van der Waals surface area contributed by atoms with E-state index in [1.54, 1.807) is 0 Å². The van der Waals surface area contributed by atoms with Crippen LogP contribution in [0.4, 0.5) is 11.1 Å². The summed E-state index contributed by atoms with van der Waals surface area (Å²) in [4.78, 5) is 11.8. The fourth-order valence-electron chi connectivity index (χ4n) is 4.41. The van der Waals surface area contributed by atoms with Gasteiger partial charge in [-0.25, -0.2) is 9.50 Å². The number of aryl methyl sites for hydroxylation is 3. The van der Waals surface area contributed by atoms with Crippen LogP contribution in [-0.2, 0) is 0 Å². The smallest absolute Gasteiger partial charge is 0.243 e. The first-order valence-electron chi connectivity index (χ1n) is 9.26. The molecule has 26 heavy (non-hydrogen) atoms. The fourth-order valence-corrected chi connectivity index (χ4v) is 5.23. The molecule has 2 saturated heterocycles. The largest absolute Gasteiger partial charge is 0.350 e. The minimum absolute atomic E-state index is 0.414. The van der Waals surface area contributed by atoms with Crippen LogP contribution in [0.2, 0.25) is 0 Å². The average Bonchev–Trinajstić information content (AvgIpc) is 3.28. The van der Waals surface area contributed by atoms with Crippen molar-refractivity contribution in [1.82, 2.24) is 24.0 Å². The quantitative estimate of drug-likeness (QED) is 0.765. The molecule has 2 bridgehead atoms. The Hall–Kier alpha value is -2.22. The van der Waals surface area contributed by atoms with E-state index in [2.05, 4.69) is 49.6 Å². The summed E-state index contributed by atoms with van der Waals surface area (Å²) in [5, 5.41) is 9.36. The van der Waals surface area contributed by atoms with Gasteiger partial charge >= 0.3 is 0 Å². The first-order valence-corrected chi connectivity index (χ1v) is 10.0. The van der Waals surface area contributed by atoms with Crippen molar-refractivity contribution in [2.24, 2.45) is 0 Å². The number of nitrogens with zero attached hydrogens (tertiary/aromatic N) is 6. The molecule has 0 aliphatic carbocycles. The molecule has 2 aliphatic heterocycles.